The second-order valence-corrected chi connectivity index (χ2v) is 16.7. The van der Waals surface area contributed by atoms with Crippen molar-refractivity contribution in [3.05, 3.63) is 102 Å². The lowest BCUT2D eigenvalue weighted by Crippen LogP contribution is -2.70. The zero-order chi connectivity index (χ0) is 42.9. The van der Waals surface area contributed by atoms with Crippen LogP contribution in [0.4, 0.5) is 52.7 Å². The molecular weight excluding hydrogens is 1010 g/mol. The molecule has 57 heavy (non-hydrogen) atoms. The summed E-state index contributed by atoms with van der Waals surface area (Å²) in [5.41, 5.74) is 1.96. The van der Waals surface area contributed by atoms with Crippen molar-refractivity contribution in [1.29, 1.82) is 0 Å². The summed E-state index contributed by atoms with van der Waals surface area (Å²) in [4.78, 5) is 12.5. The van der Waals surface area contributed by atoms with E-state index in [-0.39, 0.29) is 22.8 Å². The number of hydrogen-bond acceptors (Lipinski definition) is 4. The number of esters is 1. The molecule has 0 amide bonds. The topological polar surface area (TPSA) is 44.8 Å². The maximum atomic E-state index is 14.7. The van der Waals surface area contributed by atoms with Crippen molar-refractivity contribution >= 4 is 51.2 Å². The van der Waals surface area contributed by atoms with Gasteiger partial charge in [0.1, 0.15) is 17.2 Å². The van der Waals surface area contributed by atoms with Crippen LogP contribution in [0.3, 0.4) is 0 Å². The SMILES string of the molecule is C=CCCCc1ccc(OC(=O)c2ccc(OCCC(I)CC(F)(F)C(F)(F)C(F)(F)C(F)(F)C(F)(F)C(F)(F)CC(I)CCOc3ccc(C)cc3)cc2)cc1. The summed E-state index contributed by atoms with van der Waals surface area (Å²) in [6.45, 7) is 4.51. The number of halogens is 14. The predicted molar refractivity (Wildman–Crippen MR) is 207 cm³/mol. The fourth-order valence-electron chi connectivity index (χ4n) is 5.14. The molecule has 0 heterocycles. The molecule has 2 unspecified atom stereocenters. The normalized spacial score (nSPS) is 14.2. The van der Waals surface area contributed by atoms with E-state index in [0.29, 0.717) is 0 Å². The van der Waals surface area contributed by atoms with Crippen LogP contribution in [0.25, 0.3) is 0 Å². The van der Waals surface area contributed by atoms with Gasteiger partial charge in [0, 0.05) is 20.7 Å². The number of allylic oxidation sites excluding steroid dienone is 1. The molecule has 18 heteroatoms. The first-order valence-corrected chi connectivity index (χ1v) is 19.8. The fraction of sp³-hybridized carbons (Fsp3) is 0.462. The van der Waals surface area contributed by atoms with Crippen LogP contribution in [0.5, 0.6) is 17.2 Å². The Balaban J connectivity index is 1.55. The van der Waals surface area contributed by atoms with Gasteiger partial charge in [0.05, 0.1) is 18.8 Å². The van der Waals surface area contributed by atoms with Crippen LogP contribution in [0, 0.1) is 6.92 Å². The molecule has 4 nitrogen and oxygen atoms in total. The van der Waals surface area contributed by atoms with Crippen LogP contribution in [-0.2, 0) is 6.42 Å². The molecule has 0 saturated carbocycles. The van der Waals surface area contributed by atoms with Crippen LogP contribution in [0.2, 0.25) is 0 Å². The van der Waals surface area contributed by atoms with E-state index in [1.54, 1.807) is 49.4 Å². The lowest BCUT2D eigenvalue weighted by Gasteiger charge is -2.42. The summed E-state index contributed by atoms with van der Waals surface area (Å²) in [5.74, 6) is -42.0. The Bertz CT molecular complexity index is 1740. The van der Waals surface area contributed by atoms with Gasteiger partial charge in [-0.2, -0.15) is 52.7 Å². The Morgan fingerprint density at radius 1 is 0.632 bits per heavy atom. The summed E-state index contributed by atoms with van der Waals surface area (Å²) in [5, 5.41) is 0. The molecule has 0 aromatic heterocycles. The largest absolute Gasteiger partial charge is 0.494 e. The minimum atomic E-state index is -7.64. The minimum absolute atomic E-state index is 0.0537. The van der Waals surface area contributed by atoms with Gasteiger partial charge < -0.3 is 14.2 Å². The number of hydrogen-bond donors (Lipinski definition) is 0. The van der Waals surface area contributed by atoms with Crippen molar-refractivity contribution in [2.24, 2.45) is 0 Å². The first-order chi connectivity index (χ1) is 26.4. The highest BCUT2D eigenvalue weighted by Crippen LogP contribution is 2.61. The van der Waals surface area contributed by atoms with E-state index in [1.807, 2.05) is 0 Å². The van der Waals surface area contributed by atoms with Crippen LogP contribution in [-0.4, -0.2) is 62.6 Å². The Kier molecular flexibility index (Phi) is 16.9. The third-order valence-corrected chi connectivity index (χ3v) is 10.7. The summed E-state index contributed by atoms with van der Waals surface area (Å²) < 4.78 is 188. The molecule has 0 fully saturated rings. The average Bonchev–Trinajstić information content (AvgIpc) is 3.12. The highest BCUT2D eigenvalue weighted by Gasteiger charge is 2.89. The van der Waals surface area contributed by atoms with Gasteiger partial charge in [-0.25, -0.2) is 4.79 Å². The van der Waals surface area contributed by atoms with Gasteiger partial charge in [0.15, 0.2) is 0 Å². The average molecular weight is 1050 g/mol. The van der Waals surface area contributed by atoms with Crippen molar-refractivity contribution in [3.63, 3.8) is 0 Å². The quantitative estimate of drug-likeness (QED) is 0.0181. The molecule has 3 aromatic rings. The zero-order valence-corrected chi connectivity index (χ0v) is 34.5. The molecule has 0 aliphatic heterocycles. The molecule has 2 atom stereocenters. The molecule has 316 valence electrons. The number of alkyl halides is 14. The molecule has 0 saturated heterocycles. The summed E-state index contributed by atoms with van der Waals surface area (Å²) in [6.07, 6.45) is -1.12. The maximum Gasteiger partial charge on any atom is 0.384 e. The predicted octanol–water partition coefficient (Wildman–Crippen LogP) is 13.2. The minimum Gasteiger partial charge on any atom is -0.494 e. The molecular formula is C39H38F12I2O4. The number of carbonyl (C=O) groups excluding carboxylic acids is 1. The van der Waals surface area contributed by atoms with Crippen LogP contribution in [0.1, 0.15) is 60.0 Å². The smallest absolute Gasteiger partial charge is 0.384 e. The van der Waals surface area contributed by atoms with Crippen molar-refractivity contribution < 1.29 is 71.7 Å². The molecule has 3 aromatic carbocycles. The number of carbonyl (C=O) groups is 1. The third-order valence-electron chi connectivity index (χ3n) is 8.58. The molecule has 0 radical (unpaired) electrons. The summed E-state index contributed by atoms with van der Waals surface area (Å²) in [7, 11) is 0. The Hall–Kier alpha value is -2.91. The lowest BCUT2D eigenvalue weighted by atomic mass is 9.88. The van der Waals surface area contributed by atoms with E-state index in [4.69, 9.17) is 14.2 Å². The molecule has 0 bridgehead atoms. The molecule has 0 aliphatic carbocycles. The molecule has 0 N–H and O–H groups in total. The fourth-order valence-corrected chi connectivity index (χ4v) is 6.76. The van der Waals surface area contributed by atoms with Gasteiger partial charge in [0.25, 0.3) is 0 Å². The van der Waals surface area contributed by atoms with Gasteiger partial charge in [-0.15, -0.1) is 6.58 Å². The van der Waals surface area contributed by atoms with Crippen LogP contribution < -0.4 is 14.2 Å². The third kappa shape index (κ3) is 12.1. The van der Waals surface area contributed by atoms with Gasteiger partial charge in [-0.1, -0.05) is 81.1 Å². The monoisotopic (exact) mass is 1050 g/mol. The second kappa shape index (κ2) is 19.9. The zero-order valence-electron chi connectivity index (χ0n) is 30.2. The van der Waals surface area contributed by atoms with E-state index < -0.39 is 88.3 Å². The number of ether oxygens (including phenoxy) is 3. The number of benzene rings is 3. The number of aryl methyl sites for hydroxylation is 2. The highest BCUT2D eigenvalue weighted by molar-refractivity contribution is 14.1. The van der Waals surface area contributed by atoms with Crippen LogP contribution in [0.15, 0.2) is 85.5 Å². The van der Waals surface area contributed by atoms with E-state index in [9.17, 15) is 57.5 Å². The van der Waals surface area contributed by atoms with Crippen molar-refractivity contribution in [2.45, 2.75) is 95.3 Å². The van der Waals surface area contributed by atoms with Crippen molar-refractivity contribution in [1.82, 2.24) is 0 Å². The summed E-state index contributed by atoms with van der Waals surface area (Å²) in [6, 6.07) is 18.2. The van der Waals surface area contributed by atoms with E-state index >= 15 is 0 Å². The standard InChI is InChI=1S/C39H38F12I2O4/c1-3-4-5-6-26-9-15-32(16-10-26)57-33(54)27-11-17-31(18-12-27)56-22-20-29(53)24-35(42,43)37(46,47)39(50,51)38(48,49)36(44,45)34(40,41)23-28(52)19-21-55-30-13-7-25(2)8-14-30/h3,7-18,28-29H,1,4-6,19-24H2,2H3. The molecule has 0 spiro atoms. The lowest BCUT2D eigenvalue weighted by molar-refractivity contribution is -0.425. The van der Waals surface area contributed by atoms with Gasteiger partial charge in [0.2, 0.25) is 0 Å². The Morgan fingerprint density at radius 3 is 1.46 bits per heavy atom. The molecule has 0 aliphatic rings. The van der Waals surface area contributed by atoms with Gasteiger partial charge in [-0.3, -0.25) is 0 Å². The van der Waals surface area contributed by atoms with Gasteiger partial charge >= 0.3 is 41.5 Å². The first-order valence-electron chi connectivity index (χ1n) is 17.3. The second-order valence-electron chi connectivity index (χ2n) is 13.1. The molecule has 3 rings (SSSR count). The Morgan fingerprint density at radius 2 is 1.04 bits per heavy atom. The van der Waals surface area contributed by atoms with E-state index in [0.717, 1.165) is 75.6 Å². The number of unbranched alkanes of at least 4 members (excludes halogenated alkanes) is 1. The van der Waals surface area contributed by atoms with Crippen molar-refractivity contribution in [2.75, 3.05) is 13.2 Å². The van der Waals surface area contributed by atoms with E-state index in [1.165, 1.54) is 36.4 Å². The van der Waals surface area contributed by atoms with Gasteiger partial charge in [-0.05, 0) is 93.1 Å². The first kappa shape index (κ1) is 48.5. The maximum absolute atomic E-state index is 14.7. The van der Waals surface area contributed by atoms with E-state index in [2.05, 4.69) is 6.58 Å². The van der Waals surface area contributed by atoms with Crippen molar-refractivity contribution in [3.8, 4) is 17.2 Å². The highest BCUT2D eigenvalue weighted by atomic mass is 127. The summed E-state index contributed by atoms with van der Waals surface area (Å²) >= 11 is 2.27. The van der Waals surface area contributed by atoms with Crippen LogP contribution >= 0.6 is 45.2 Å². The number of rotatable bonds is 23. The Labute approximate surface area is 349 Å².